The average Bonchev–Trinajstić information content (AvgIpc) is 3.41. The number of aromatic amines is 1. The summed E-state index contributed by atoms with van der Waals surface area (Å²) in [5, 5.41) is 5.18. The fraction of sp³-hybridized carbons (Fsp3) is 0.292. The molecule has 4 aromatic rings. The minimum atomic E-state index is 0.0490. The van der Waals surface area contributed by atoms with E-state index in [1.54, 1.807) is 0 Å². The van der Waals surface area contributed by atoms with Gasteiger partial charge in [-0.15, -0.1) is 0 Å². The maximum atomic E-state index is 12.9. The lowest BCUT2D eigenvalue weighted by Crippen LogP contribution is -2.48. The van der Waals surface area contributed by atoms with Gasteiger partial charge in [0.1, 0.15) is 5.69 Å². The van der Waals surface area contributed by atoms with Crippen molar-refractivity contribution in [2.24, 2.45) is 0 Å². The van der Waals surface area contributed by atoms with Crippen LogP contribution >= 0.6 is 0 Å². The minimum absolute atomic E-state index is 0.0490. The Balaban J connectivity index is 1.19. The molecule has 0 spiro atoms. The lowest BCUT2D eigenvalue weighted by molar-refractivity contribution is 0.0610. The predicted molar refractivity (Wildman–Crippen MR) is 119 cm³/mol. The first kappa shape index (κ1) is 19.5. The fourth-order valence-corrected chi connectivity index (χ4v) is 3.98. The highest BCUT2D eigenvalue weighted by atomic mass is 16.5. The average molecular weight is 415 g/mol. The summed E-state index contributed by atoms with van der Waals surface area (Å²) in [5.41, 5.74) is 4.97. The molecule has 1 amide bonds. The van der Waals surface area contributed by atoms with Crippen molar-refractivity contribution in [3.63, 3.8) is 0 Å². The molecular formula is C24H25N5O2. The van der Waals surface area contributed by atoms with Crippen molar-refractivity contribution >= 4 is 16.8 Å². The lowest BCUT2D eigenvalue weighted by atomic mass is 10.1. The van der Waals surface area contributed by atoms with Crippen molar-refractivity contribution < 1.29 is 9.32 Å². The normalized spacial score (nSPS) is 15.0. The number of rotatable bonds is 4. The molecule has 0 saturated carbocycles. The Morgan fingerprint density at radius 1 is 1.00 bits per heavy atom. The summed E-state index contributed by atoms with van der Waals surface area (Å²) in [6.07, 6.45) is 0. The maximum absolute atomic E-state index is 12.9. The molecule has 0 radical (unpaired) electrons. The molecule has 2 aromatic heterocycles. The molecule has 0 aliphatic carbocycles. The van der Waals surface area contributed by atoms with Crippen LogP contribution in [-0.2, 0) is 6.54 Å². The Hall–Kier alpha value is -3.45. The van der Waals surface area contributed by atoms with Gasteiger partial charge in [0.25, 0.3) is 5.91 Å². The van der Waals surface area contributed by atoms with E-state index in [1.807, 2.05) is 47.4 Å². The molecule has 1 aliphatic heterocycles. The number of fused-ring (bicyclic) bond motifs is 1. The quantitative estimate of drug-likeness (QED) is 0.549. The Kier molecular flexibility index (Phi) is 5.03. The van der Waals surface area contributed by atoms with Crippen LogP contribution in [-0.4, -0.2) is 57.0 Å². The van der Waals surface area contributed by atoms with Gasteiger partial charge in [-0.1, -0.05) is 46.6 Å². The number of carbonyl (C=O) groups excluding carboxylic acids is 1. The first-order valence-electron chi connectivity index (χ1n) is 10.6. The highest BCUT2D eigenvalue weighted by Gasteiger charge is 2.24. The van der Waals surface area contributed by atoms with E-state index < -0.39 is 0 Å². The second-order valence-electron chi connectivity index (χ2n) is 8.22. The third kappa shape index (κ3) is 4.09. The third-order valence-corrected chi connectivity index (χ3v) is 5.80. The summed E-state index contributed by atoms with van der Waals surface area (Å²) >= 11 is 0. The molecule has 1 fully saturated rings. The monoisotopic (exact) mass is 415 g/mol. The summed E-state index contributed by atoms with van der Waals surface area (Å²) in [5.74, 6) is 1.26. The summed E-state index contributed by atoms with van der Waals surface area (Å²) in [7, 11) is 0. The van der Waals surface area contributed by atoms with Gasteiger partial charge in [0, 0.05) is 42.6 Å². The van der Waals surface area contributed by atoms with Crippen molar-refractivity contribution in [1.29, 1.82) is 0 Å². The van der Waals surface area contributed by atoms with E-state index in [9.17, 15) is 4.79 Å². The fourth-order valence-electron chi connectivity index (χ4n) is 3.98. The Bertz CT molecular complexity index is 1220. The summed E-state index contributed by atoms with van der Waals surface area (Å²) in [6, 6.07) is 16.2. The maximum Gasteiger partial charge on any atom is 0.270 e. The molecule has 0 unspecified atom stereocenters. The SMILES string of the molecule is Cc1ccc(-c2noc(CN3CCN(C(=O)c4cc5cc(C)ccc5[nH]4)CC3)n2)cc1. The van der Waals surface area contributed by atoms with Crippen LogP contribution in [0, 0.1) is 13.8 Å². The van der Waals surface area contributed by atoms with Crippen LogP contribution in [0.15, 0.2) is 53.1 Å². The minimum Gasteiger partial charge on any atom is -0.351 e. The number of amides is 1. The second kappa shape index (κ2) is 8.00. The van der Waals surface area contributed by atoms with Crippen LogP contribution in [0.3, 0.4) is 0 Å². The van der Waals surface area contributed by atoms with Crippen LogP contribution in [0.4, 0.5) is 0 Å². The second-order valence-corrected chi connectivity index (χ2v) is 8.22. The van der Waals surface area contributed by atoms with Gasteiger partial charge in [-0.25, -0.2) is 0 Å². The molecule has 7 heteroatoms. The molecular weight excluding hydrogens is 390 g/mol. The zero-order valence-electron chi connectivity index (χ0n) is 17.8. The van der Waals surface area contributed by atoms with Gasteiger partial charge in [0.2, 0.25) is 11.7 Å². The topological polar surface area (TPSA) is 78.3 Å². The van der Waals surface area contributed by atoms with Crippen LogP contribution < -0.4 is 0 Å². The first-order chi connectivity index (χ1) is 15.0. The number of carbonyl (C=O) groups is 1. The zero-order valence-corrected chi connectivity index (χ0v) is 17.8. The summed E-state index contributed by atoms with van der Waals surface area (Å²) in [4.78, 5) is 24.9. The highest BCUT2D eigenvalue weighted by molar-refractivity contribution is 5.98. The van der Waals surface area contributed by atoms with Crippen LogP contribution in [0.5, 0.6) is 0 Å². The highest BCUT2D eigenvalue weighted by Crippen LogP contribution is 2.20. The number of piperazine rings is 1. The van der Waals surface area contributed by atoms with Crippen molar-refractivity contribution in [1.82, 2.24) is 24.9 Å². The number of nitrogens with zero attached hydrogens (tertiary/aromatic N) is 4. The van der Waals surface area contributed by atoms with Gasteiger partial charge >= 0.3 is 0 Å². The number of benzene rings is 2. The van der Waals surface area contributed by atoms with Crippen LogP contribution in [0.2, 0.25) is 0 Å². The molecule has 2 aromatic carbocycles. The molecule has 1 N–H and O–H groups in total. The number of nitrogens with one attached hydrogen (secondary N) is 1. The Morgan fingerprint density at radius 3 is 2.52 bits per heavy atom. The Morgan fingerprint density at radius 2 is 1.74 bits per heavy atom. The summed E-state index contributed by atoms with van der Waals surface area (Å²) in [6.45, 7) is 7.58. The van der Waals surface area contributed by atoms with Gasteiger partial charge < -0.3 is 14.4 Å². The molecule has 0 atom stereocenters. The predicted octanol–water partition coefficient (Wildman–Crippen LogP) is 3.79. The van der Waals surface area contributed by atoms with Gasteiger partial charge in [0.15, 0.2) is 0 Å². The van der Waals surface area contributed by atoms with E-state index in [0.717, 1.165) is 29.6 Å². The standard InChI is InChI=1S/C24H25N5O2/c1-16-3-6-18(7-4-16)23-26-22(31-27-23)15-28-9-11-29(12-10-28)24(30)21-14-19-13-17(2)5-8-20(19)25-21/h3-8,13-14,25H,9-12,15H2,1-2H3. The summed E-state index contributed by atoms with van der Waals surface area (Å²) < 4.78 is 5.45. The number of aryl methyl sites for hydroxylation is 2. The van der Waals surface area contributed by atoms with Gasteiger partial charge in [0.05, 0.1) is 6.54 Å². The number of hydrogen-bond acceptors (Lipinski definition) is 5. The van der Waals surface area contributed by atoms with E-state index >= 15 is 0 Å². The molecule has 1 aliphatic rings. The number of hydrogen-bond donors (Lipinski definition) is 1. The van der Waals surface area contributed by atoms with E-state index in [-0.39, 0.29) is 5.91 Å². The third-order valence-electron chi connectivity index (χ3n) is 5.80. The van der Waals surface area contributed by atoms with Crippen molar-refractivity contribution in [2.45, 2.75) is 20.4 Å². The zero-order chi connectivity index (χ0) is 21.4. The van der Waals surface area contributed by atoms with Crippen LogP contribution in [0.1, 0.15) is 27.5 Å². The van der Waals surface area contributed by atoms with E-state index in [1.165, 1.54) is 11.1 Å². The van der Waals surface area contributed by atoms with Crippen LogP contribution in [0.25, 0.3) is 22.3 Å². The molecule has 3 heterocycles. The first-order valence-corrected chi connectivity index (χ1v) is 10.6. The van der Waals surface area contributed by atoms with Gasteiger partial charge in [-0.2, -0.15) is 4.98 Å². The molecule has 7 nitrogen and oxygen atoms in total. The Labute approximate surface area is 180 Å². The lowest BCUT2D eigenvalue weighted by Gasteiger charge is -2.33. The number of aromatic nitrogens is 3. The molecule has 1 saturated heterocycles. The van der Waals surface area contributed by atoms with Gasteiger partial charge in [-0.3, -0.25) is 9.69 Å². The molecule has 5 rings (SSSR count). The van der Waals surface area contributed by atoms with E-state index in [2.05, 4.69) is 39.9 Å². The number of H-pyrrole nitrogens is 1. The van der Waals surface area contributed by atoms with Crippen molar-refractivity contribution in [3.8, 4) is 11.4 Å². The van der Waals surface area contributed by atoms with E-state index in [0.29, 0.717) is 37.0 Å². The van der Waals surface area contributed by atoms with Crippen molar-refractivity contribution in [3.05, 3.63) is 71.2 Å². The molecule has 0 bridgehead atoms. The van der Waals surface area contributed by atoms with Crippen molar-refractivity contribution in [2.75, 3.05) is 26.2 Å². The largest absolute Gasteiger partial charge is 0.351 e. The molecule has 31 heavy (non-hydrogen) atoms. The molecule has 158 valence electrons. The smallest absolute Gasteiger partial charge is 0.270 e. The van der Waals surface area contributed by atoms with E-state index in [4.69, 9.17) is 4.52 Å². The van der Waals surface area contributed by atoms with Gasteiger partial charge in [-0.05, 0) is 32.0 Å².